The van der Waals surface area contributed by atoms with Crippen LogP contribution in [-0.4, -0.2) is 24.1 Å². The molecule has 5 nitrogen and oxygen atoms in total. The van der Waals surface area contributed by atoms with Crippen LogP contribution in [0.3, 0.4) is 0 Å². The summed E-state index contributed by atoms with van der Waals surface area (Å²) in [4.78, 5) is 21.4. The molecule has 2 heterocycles. The number of urea groups is 1. The molecule has 2 amide bonds. The van der Waals surface area contributed by atoms with Crippen LogP contribution in [-0.2, 0) is 6.54 Å². The van der Waals surface area contributed by atoms with Crippen molar-refractivity contribution in [1.82, 2.24) is 4.98 Å². The highest BCUT2D eigenvalue weighted by Gasteiger charge is 2.28. The second-order valence-corrected chi connectivity index (χ2v) is 7.22. The van der Waals surface area contributed by atoms with Crippen molar-refractivity contribution in [3.63, 3.8) is 0 Å². The van der Waals surface area contributed by atoms with Gasteiger partial charge in [0.25, 0.3) is 0 Å². The second-order valence-electron chi connectivity index (χ2n) is 6.81. The molecular formula is C22H21ClN4O. The van der Waals surface area contributed by atoms with E-state index in [2.05, 4.69) is 46.4 Å². The summed E-state index contributed by atoms with van der Waals surface area (Å²) in [5.74, 6) is 0.809. The zero-order valence-corrected chi connectivity index (χ0v) is 16.4. The lowest BCUT2D eigenvalue weighted by atomic mass is 10.1. The standard InChI is InChI=1S/C22H21ClN4O/c1-16-8-10-17(11-9-16)15-26-13-14-27(20-7-4-12-24-21(20)26)22(28)25-19-6-3-2-5-18(19)23/h2-12H,13-15H2,1H3,(H,25,28). The van der Waals surface area contributed by atoms with E-state index >= 15 is 0 Å². The van der Waals surface area contributed by atoms with Crippen LogP contribution in [0.5, 0.6) is 0 Å². The number of anilines is 3. The number of benzene rings is 2. The first kappa shape index (κ1) is 18.3. The van der Waals surface area contributed by atoms with E-state index in [-0.39, 0.29) is 6.03 Å². The minimum Gasteiger partial charge on any atom is -0.349 e. The summed E-state index contributed by atoms with van der Waals surface area (Å²) in [6, 6.07) is 19.3. The molecule has 6 heteroatoms. The van der Waals surface area contributed by atoms with Crippen LogP contribution in [0.15, 0.2) is 66.9 Å². The molecule has 0 saturated heterocycles. The summed E-state index contributed by atoms with van der Waals surface area (Å²) in [5.41, 5.74) is 3.85. The smallest absolute Gasteiger partial charge is 0.326 e. The van der Waals surface area contributed by atoms with Gasteiger partial charge >= 0.3 is 6.03 Å². The van der Waals surface area contributed by atoms with Gasteiger partial charge in [0.05, 0.1) is 16.4 Å². The third kappa shape index (κ3) is 3.80. The van der Waals surface area contributed by atoms with Crippen molar-refractivity contribution in [3.05, 3.63) is 83.0 Å². The van der Waals surface area contributed by atoms with Gasteiger partial charge in [0.1, 0.15) is 0 Å². The van der Waals surface area contributed by atoms with E-state index in [1.807, 2.05) is 24.3 Å². The molecule has 1 N–H and O–H groups in total. The Kier molecular flexibility index (Phi) is 5.17. The van der Waals surface area contributed by atoms with Crippen LogP contribution in [0.25, 0.3) is 0 Å². The molecule has 3 aromatic rings. The molecule has 0 atom stereocenters. The number of aryl methyl sites for hydroxylation is 1. The van der Waals surface area contributed by atoms with E-state index in [0.29, 0.717) is 23.8 Å². The molecular weight excluding hydrogens is 372 g/mol. The van der Waals surface area contributed by atoms with Crippen molar-refractivity contribution in [2.45, 2.75) is 13.5 Å². The van der Waals surface area contributed by atoms with Gasteiger partial charge in [0, 0.05) is 25.8 Å². The van der Waals surface area contributed by atoms with Crippen molar-refractivity contribution in [1.29, 1.82) is 0 Å². The maximum Gasteiger partial charge on any atom is 0.326 e. The third-order valence-electron chi connectivity index (χ3n) is 4.80. The minimum absolute atomic E-state index is 0.211. The highest BCUT2D eigenvalue weighted by molar-refractivity contribution is 6.33. The molecule has 0 unspecified atom stereocenters. The van der Waals surface area contributed by atoms with Gasteiger partial charge in [0.2, 0.25) is 0 Å². The van der Waals surface area contributed by atoms with E-state index < -0.39 is 0 Å². The molecule has 0 saturated carbocycles. The Morgan fingerprint density at radius 2 is 1.86 bits per heavy atom. The van der Waals surface area contributed by atoms with Crippen LogP contribution >= 0.6 is 11.6 Å². The molecule has 0 aliphatic carbocycles. The largest absolute Gasteiger partial charge is 0.349 e. The quantitative estimate of drug-likeness (QED) is 0.674. The molecule has 0 fully saturated rings. The highest BCUT2D eigenvalue weighted by Crippen LogP contribution is 2.32. The first-order valence-electron chi connectivity index (χ1n) is 9.20. The van der Waals surface area contributed by atoms with Gasteiger partial charge in [-0.05, 0) is 36.8 Å². The lowest BCUT2D eigenvalue weighted by Crippen LogP contribution is -2.46. The molecule has 4 rings (SSSR count). The van der Waals surface area contributed by atoms with Gasteiger partial charge < -0.3 is 10.2 Å². The zero-order valence-electron chi connectivity index (χ0n) is 15.6. The highest BCUT2D eigenvalue weighted by atomic mass is 35.5. The molecule has 1 aliphatic heterocycles. The number of hydrogen-bond donors (Lipinski definition) is 1. The fourth-order valence-corrected chi connectivity index (χ4v) is 3.50. The number of carbonyl (C=O) groups is 1. The summed E-state index contributed by atoms with van der Waals surface area (Å²) in [6.07, 6.45) is 1.76. The Morgan fingerprint density at radius 3 is 2.64 bits per heavy atom. The van der Waals surface area contributed by atoms with Crippen molar-refractivity contribution < 1.29 is 4.79 Å². The lowest BCUT2D eigenvalue weighted by Gasteiger charge is -2.36. The number of carbonyl (C=O) groups excluding carboxylic acids is 1. The van der Waals surface area contributed by atoms with Crippen molar-refractivity contribution in [2.75, 3.05) is 28.2 Å². The summed E-state index contributed by atoms with van der Waals surface area (Å²) in [5, 5.41) is 3.41. The molecule has 1 aromatic heterocycles. The van der Waals surface area contributed by atoms with Crippen LogP contribution in [0.1, 0.15) is 11.1 Å². The van der Waals surface area contributed by atoms with Gasteiger partial charge in [0.15, 0.2) is 5.82 Å². The fourth-order valence-electron chi connectivity index (χ4n) is 3.31. The predicted octanol–water partition coefficient (Wildman–Crippen LogP) is 5.10. The van der Waals surface area contributed by atoms with Crippen molar-refractivity contribution in [2.24, 2.45) is 0 Å². The van der Waals surface area contributed by atoms with E-state index in [4.69, 9.17) is 11.6 Å². The maximum absolute atomic E-state index is 12.9. The second kappa shape index (κ2) is 7.90. The summed E-state index contributed by atoms with van der Waals surface area (Å²) >= 11 is 6.18. The Balaban J connectivity index is 1.56. The average Bonchev–Trinajstić information content (AvgIpc) is 2.71. The lowest BCUT2D eigenvalue weighted by molar-refractivity contribution is 0.256. The predicted molar refractivity (Wildman–Crippen MR) is 114 cm³/mol. The summed E-state index contributed by atoms with van der Waals surface area (Å²) in [7, 11) is 0. The van der Waals surface area contributed by atoms with Crippen LogP contribution < -0.4 is 15.1 Å². The molecule has 0 bridgehead atoms. The molecule has 0 radical (unpaired) electrons. The van der Waals surface area contributed by atoms with Gasteiger partial charge in [-0.1, -0.05) is 53.6 Å². The third-order valence-corrected chi connectivity index (χ3v) is 5.13. The molecule has 0 spiro atoms. The zero-order chi connectivity index (χ0) is 19.5. The van der Waals surface area contributed by atoms with Crippen LogP contribution in [0, 0.1) is 6.92 Å². The van der Waals surface area contributed by atoms with Crippen molar-refractivity contribution >= 4 is 34.8 Å². The number of aromatic nitrogens is 1. The Labute approximate surface area is 169 Å². The van der Waals surface area contributed by atoms with E-state index in [1.165, 1.54) is 11.1 Å². The topological polar surface area (TPSA) is 48.5 Å². The minimum atomic E-state index is -0.211. The summed E-state index contributed by atoms with van der Waals surface area (Å²) in [6.45, 7) is 4.11. The number of para-hydroxylation sites is 1. The summed E-state index contributed by atoms with van der Waals surface area (Å²) < 4.78 is 0. The van der Waals surface area contributed by atoms with Gasteiger partial charge in [-0.3, -0.25) is 4.90 Å². The first-order valence-corrected chi connectivity index (χ1v) is 9.58. The number of halogens is 1. The van der Waals surface area contributed by atoms with Gasteiger partial charge in [-0.15, -0.1) is 0 Å². The number of nitrogens with zero attached hydrogens (tertiary/aromatic N) is 3. The average molecular weight is 393 g/mol. The number of amides is 2. The number of nitrogens with one attached hydrogen (secondary N) is 1. The normalized spacial score (nSPS) is 13.2. The molecule has 142 valence electrons. The van der Waals surface area contributed by atoms with Gasteiger partial charge in [-0.2, -0.15) is 0 Å². The number of pyridine rings is 1. The Morgan fingerprint density at radius 1 is 1.07 bits per heavy atom. The van der Waals surface area contributed by atoms with E-state index in [9.17, 15) is 4.79 Å². The fraction of sp³-hybridized carbons (Fsp3) is 0.182. The number of fused-ring (bicyclic) bond motifs is 1. The Bertz CT molecular complexity index is 990. The Hall–Kier alpha value is -3.05. The van der Waals surface area contributed by atoms with Crippen LogP contribution in [0.4, 0.5) is 22.0 Å². The molecule has 2 aromatic carbocycles. The van der Waals surface area contributed by atoms with Gasteiger partial charge in [-0.25, -0.2) is 9.78 Å². The van der Waals surface area contributed by atoms with Crippen LogP contribution in [0.2, 0.25) is 5.02 Å². The van der Waals surface area contributed by atoms with E-state index in [1.54, 1.807) is 23.2 Å². The van der Waals surface area contributed by atoms with Crippen molar-refractivity contribution in [3.8, 4) is 0 Å². The molecule has 1 aliphatic rings. The van der Waals surface area contributed by atoms with E-state index in [0.717, 1.165) is 18.1 Å². The number of rotatable bonds is 3. The maximum atomic E-state index is 12.9. The number of hydrogen-bond acceptors (Lipinski definition) is 3. The first-order chi connectivity index (χ1) is 13.6. The monoisotopic (exact) mass is 392 g/mol. The molecule has 28 heavy (non-hydrogen) atoms. The SMILES string of the molecule is Cc1ccc(CN2CCN(C(=O)Nc3ccccc3Cl)c3cccnc32)cc1.